The number of nitrogens with zero attached hydrogens (tertiary/aromatic N) is 4. The fourth-order valence-electron chi connectivity index (χ4n) is 2.19. The SMILES string of the molecule is CC(C)(C)CC(=O)N1CCN(c2ncc(Br)cn2)CC1. The molecule has 0 bridgehead atoms. The van der Waals surface area contributed by atoms with Crippen LogP contribution in [0.5, 0.6) is 0 Å². The Kier molecular flexibility index (Phi) is 4.62. The first kappa shape index (κ1) is 15.2. The number of anilines is 1. The molecular weight excluding hydrogens is 320 g/mol. The molecule has 1 amide bonds. The van der Waals surface area contributed by atoms with Crippen LogP contribution in [0.25, 0.3) is 0 Å². The van der Waals surface area contributed by atoms with Crippen molar-refractivity contribution in [2.24, 2.45) is 5.41 Å². The maximum atomic E-state index is 12.2. The highest BCUT2D eigenvalue weighted by Crippen LogP contribution is 2.21. The Morgan fingerprint density at radius 3 is 2.25 bits per heavy atom. The number of hydrogen-bond acceptors (Lipinski definition) is 4. The average Bonchev–Trinajstić information content (AvgIpc) is 2.38. The molecular formula is C14H21BrN4O. The Balaban J connectivity index is 1.89. The lowest BCUT2D eigenvalue weighted by Gasteiger charge is -2.35. The summed E-state index contributed by atoms with van der Waals surface area (Å²) < 4.78 is 0.875. The smallest absolute Gasteiger partial charge is 0.225 e. The van der Waals surface area contributed by atoms with Crippen molar-refractivity contribution in [3.8, 4) is 0 Å². The quantitative estimate of drug-likeness (QED) is 0.828. The zero-order chi connectivity index (χ0) is 14.8. The highest BCUT2D eigenvalue weighted by Gasteiger charge is 2.25. The summed E-state index contributed by atoms with van der Waals surface area (Å²) in [5.41, 5.74) is 0.0447. The zero-order valence-corrected chi connectivity index (χ0v) is 13.9. The van der Waals surface area contributed by atoms with Crippen molar-refractivity contribution < 1.29 is 4.79 Å². The molecule has 2 rings (SSSR count). The van der Waals surface area contributed by atoms with Crippen LogP contribution < -0.4 is 4.90 Å². The molecule has 1 aromatic rings. The van der Waals surface area contributed by atoms with Crippen LogP contribution in [0.3, 0.4) is 0 Å². The Bertz CT molecular complexity index is 461. The van der Waals surface area contributed by atoms with Crippen LogP contribution in [0.2, 0.25) is 0 Å². The monoisotopic (exact) mass is 340 g/mol. The van der Waals surface area contributed by atoms with Crippen LogP contribution in [0.1, 0.15) is 27.2 Å². The Hall–Kier alpha value is -1.17. The molecule has 1 aliphatic rings. The summed E-state index contributed by atoms with van der Waals surface area (Å²) in [6.07, 6.45) is 4.10. The summed E-state index contributed by atoms with van der Waals surface area (Å²) in [4.78, 5) is 24.8. The number of aromatic nitrogens is 2. The summed E-state index contributed by atoms with van der Waals surface area (Å²) in [7, 11) is 0. The van der Waals surface area contributed by atoms with Crippen molar-refractivity contribution in [2.75, 3.05) is 31.1 Å². The molecule has 0 atom stereocenters. The molecule has 0 spiro atoms. The van der Waals surface area contributed by atoms with E-state index in [1.54, 1.807) is 12.4 Å². The second kappa shape index (κ2) is 6.08. The number of carbonyl (C=O) groups is 1. The molecule has 1 aromatic heterocycles. The fourth-order valence-corrected chi connectivity index (χ4v) is 2.39. The molecule has 20 heavy (non-hydrogen) atoms. The molecule has 110 valence electrons. The molecule has 0 aromatic carbocycles. The number of hydrogen-bond donors (Lipinski definition) is 0. The van der Waals surface area contributed by atoms with Gasteiger partial charge < -0.3 is 9.80 Å². The summed E-state index contributed by atoms with van der Waals surface area (Å²) in [5, 5.41) is 0. The molecule has 0 unspecified atom stereocenters. The van der Waals surface area contributed by atoms with Crippen LogP contribution in [0, 0.1) is 5.41 Å². The molecule has 0 saturated carbocycles. The predicted molar refractivity (Wildman–Crippen MR) is 82.6 cm³/mol. The maximum Gasteiger partial charge on any atom is 0.225 e. The summed E-state index contributed by atoms with van der Waals surface area (Å²) in [5.74, 6) is 0.977. The second-order valence-corrected chi connectivity index (χ2v) is 7.22. The minimum atomic E-state index is 0.0447. The molecule has 2 heterocycles. The van der Waals surface area contributed by atoms with Crippen LogP contribution in [0.4, 0.5) is 5.95 Å². The molecule has 0 radical (unpaired) electrons. The first-order chi connectivity index (χ1) is 9.35. The summed E-state index contributed by atoms with van der Waals surface area (Å²) in [6.45, 7) is 9.35. The van der Waals surface area contributed by atoms with Gasteiger partial charge in [-0.15, -0.1) is 0 Å². The van der Waals surface area contributed by atoms with Crippen LogP contribution in [-0.4, -0.2) is 47.0 Å². The number of halogens is 1. The highest BCUT2D eigenvalue weighted by molar-refractivity contribution is 9.10. The third-order valence-electron chi connectivity index (χ3n) is 3.20. The third kappa shape index (κ3) is 4.16. The van der Waals surface area contributed by atoms with Gasteiger partial charge in [0.15, 0.2) is 0 Å². The Morgan fingerprint density at radius 2 is 1.75 bits per heavy atom. The molecule has 6 heteroatoms. The van der Waals surface area contributed by atoms with Gasteiger partial charge >= 0.3 is 0 Å². The normalized spacial score (nSPS) is 16.4. The molecule has 5 nitrogen and oxygen atoms in total. The van der Waals surface area contributed by atoms with E-state index in [1.165, 1.54) is 0 Å². The van der Waals surface area contributed by atoms with Gasteiger partial charge in [0.1, 0.15) is 0 Å². The van der Waals surface area contributed by atoms with E-state index in [9.17, 15) is 4.79 Å². The first-order valence-corrected chi connectivity index (χ1v) is 7.65. The molecule has 1 aliphatic heterocycles. The van der Waals surface area contributed by atoms with E-state index in [2.05, 4.69) is 51.6 Å². The van der Waals surface area contributed by atoms with Crippen molar-refractivity contribution in [1.82, 2.24) is 14.9 Å². The maximum absolute atomic E-state index is 12.2. The van der Waals surface area contributed by atoms with Gasteiger partial charge in [-0.3, -0.25) is 4.79 Å². The van der Waals surface area contributed by atoms with E-state index in [1.807, 2.05) is 4.90 Å². The van der Waals surface area contributed by atoms with Gasteiger partial charge in [-0.25, -0.2) is 9.97 Å². The number of rotatable bonds is 2. The number of amides is 1. The lowest BCUT2D eigenvalue weighted by atomic mass is 9.91. The van der Waals surface area contributed by atoms with Gasteiger partial charge in [-0.05, 0) is 21.3 Å². The van der Waals surface area contributed by atoms with Gasteiger partial charge in [0.2, 0.25) is 11.9 Å². The van der Waals surface area contributed by atoms with Gasteiger partial charge in [-0.1, -0.05) is 20.8 Å². The summed E-state index contributed by atoms with van der Waals surface area (Å²) in [6, 6.07) is 0. The number of carbonyl (C=O) groups excluding carboxylic acids is 1. The Labute approximate surface area is 128 Å². The lowest BCUT2D eigenvalue weighted by molar-refractivity contribution is -0.133. The number of piperazine rings is 1. The van der Waals surface area contributed by atoms with Crippen LogP contribution >= 0.6 is 15.9 Å². The van der Waals surface area contributed by atoms with E-state index in [0.717, 1.165) is 36.6 Å². The topological polar surface area (TPSA) is 49.3 Å². The van der Waals surface area contributed by atoms with E-state index >= 15 is 0 Å². The Morgan fingerprint density at radius 1 is 1.20 bits per heavy atom. The van der Waals surface area contributed by atoms with E-state index in [4.69, 9.17) is 0 Å². The minimum absolute atomic E-state index is 0.0447. The fraction of sp³-hybridized carbons (Fsp3) is 0.643. The van der Waals surface area contributed by atoms with Gasteiger partial charge in [0, 0.05) is 45.0 Å². The molecule has 1 fully saturated rings. The highest BCUT2D eigenvalue weighted by atomic mass is 79.9. The van der Waals surface area contributed by atoms with E-state index in [0.29, 0.717) is 6.42 Å². The largest absolute Gasteiger partial charge is 0.339 e. The second-order valence-electron chi connectivity index (χ2n) is 6.31. The van der Waals surface area contributed by atoms with E-state index < -0.39 is 0 Å². The minimum Gasteiger partial charge on any atom is -0.339 e. The van der Waals surface area contributed by atoms with Crippen LogP contribution in [-0.2, 0) is 4.79 Å². The van der Waals surface area contributed by atoms with Crippen molar-refractivity contribution in [3.63, 3.8) is 0 Å². The molecule has 0 N–H and O–H groups in total. The lowest BCUT2D eigenvalue weighted by Crippen LogP contribution is -2.49. The van der Waals surface area contributed by atoms with Gasteiger partial charge in [-0.2, -0.15) is 0 Å². The van der Waals surface area contributed by atoms with Crippen LogP contribution in [0.15, 0.2) is 16.9 Å². The first-order valence-electron chi connectivity index (χ1n) is 6.85. The molecule has 1 saturated heterocycles. The van der Waals surface area contributed by atoms with Crippen molar-refractivity contribution in [3.05, 3.63) is 16.9 Å². The van der Waals surface area contributed by atoms with Gasteiger partial charge in [0.05, 0.1) is 4.47 Å². The molecule has 0 aliphatic carbocycles. The van der Waals surface area contributed by atoms with Crippen molar-refractivity contribution in [2.45, 2.75) is 27.2 Å². The van der Waals surface area contributed by atoms with Crippen molar-refractivity contribution >= 4 is 27.8 Å². The van der Waals surface area contributed by atoms with E-state index in [-0.39, 0.29) is 11.3 Å². The summed E-state index contributed by atoms with van der Waals surface area (Å²) >= 11 is 3.33. The third-order valence-corrected chi connectivity index (χ3v) is 3.61. The van der Waals surface area contributed by atoms with Crippen molar-refractivity contribution in [1.29, 1.82) is 0 Å². The zero-order valence-electron chi connectivity index (χ0n) is 12.3. The standard InChI is InChI=1S/C14H21BrN4O/c1-14(2,3)8-12(20)18-4-6-19(7-5-18)13-16-9-11(15)10-17-13/h9-10H,4-8H2,1-3H3. The van der Waals surface area contributed by atoms with Gasteiger partial charge in [0.25, 0.3) is 0 Å². The average molecular weight is 341 g/mol. The predicted octanol–water partition coefficient (Wildman–Crippen LogP) is 2.32.